The highest BCUT2D eigenvalue weighted by atomic mass is 32.1. The number of nitrogens with zero attached hydrogens (tertiary/aromatic N) is 1. The Labute approximate surface area is 146 Å². The van der Waals surface area contributed by atoms with Gasteiger partial charge in [-0.2, -0.15) is 17.6 Å². The lowest BCUT2D eigenvalue weighted by Gasteiger charge is -2.03. The number of rotatable bonds is 5. The number of hydrogen-bond donors (Lipinski definition) is 1. The molecule has 3 rings (SSSR count). The Morgan fingerprint density at radius 2 is 1.76 bits per heavy atom. The van der Waals surface area contributed by atoms with Crippen LogP contribution >= 0.6 is 11.3 Å². The van der Waals surface area contributed by atoms with Gasteiger partial charge in [-0.15, -0.1) is 0 Å². The molecule has 25 heavy (non-hydrogen) atoms. The Bertz CT molecular complexity index is 875. The quantitative estimate of drug-likeness (QED) is 0.677. The molecule has 0 saturated heterocycles. The van der Waals surface area contributed by atoms with Gasteiger partial charge in [-0.25, -0.2) is 10.1 Å². The molecular weight excluding hydrogens is 349 g/mol. The zero-order valence-electron chi connectivity index (χ0n) is 13.2. The molecule has 1 aromatic carbocycles. The fraction of sp³-hybridized carbons (Fsp3) is 0.222. The van der Waals surface area contributed by atoms with E-state index in [4.69, 9.17) is 0 Å². The van der Waals surface area contributed by atoms with Crippen LogP contribution in [0.2, 0.25) is 0 Å². The van der Waals surface area contributed by atoms with Crippen molar-refractivity contribution in [3.63, 3.8) is 0 Å². The summed E-state index contributed by atoms with van der Waals surface area (Å²) in [6.45, 7) is 0. The Morgan fingerprint density at radius 1 is 1.04 bits per heavy atom. The number of amides is 1. The Hall–Kier alpha value is -2.41. The average molecular weight is 365 g/mol. The van der Waals surface area contributed by atoms with E-state index in [-0.39, 0.29) is 5.82 Å². The molecule has 0 spiro atoms. The number of carbonyl (C=O) groups is 1. The van der Waals surface area contributed by atoms with Crippen LogP contribution in [-0.4, -0.2) is 12.1 Å². The predicted octanol–water partition coefficient (Wildman–Crippen LogP) is 4.16. The molecule has 0 bridgehead atoms. The molecule has 3 aromatic rings. The maximum absolute atomic E-state index is 12.6. The van der Waals surface area contributed by atoms with Crippen LogP contribution in [-0.2, 0) is 17.6 Å². The molecule has 3 nitrogen and oxygen atoms in total. The van der Waals surface area contributed by atoms with E-state index < -0.39 is 12.1 Å². The number of carbonyl (C=O) groups excluding carboxylic acids is 1. The largest absolute Gasteiger partial charge is 0.495 e. The minimum atomic E-state index is -4.91. The summed E-state index contributed by atoms with van der Waals surface area (Å²) in [5, 5.41) is 2.03. The van der Waals surface area contributed by atoms with Crippen molar-refractivity contribution in [2.75, 3.05) is 5.32 Å². The molecule has 2 aromatic heterocycles. The Balaban J connectivity index is 1.81. The molecule has 1 N–H and O–H groups in total. The van der Waals surface area contributed by atoms with Gasteiger partial charge >= 0.3 is 17.9 Å². The van der Waals surface area contributed by atoms with Crippen LogP contribution in [0.4, 0.5) is 19.0 Å². The number of aryl methyl sites for hydroxylation is 2. The van der Waals surface area contributed by atoms with Gasteiger partial charge in [-0.3, -0.25) is 0 Å². The molecule has 0 aliphatic rings. The van der Waals surface area contributed by atoms with Gasteiger partial charge < -0.3 is 0 Å². The predicted molar refractivity (Wildman–Crippen MR) is 90.6 cm³/mol. The Kier molecular flexibility index (Phi) is 5.03. The number of thiazole rings is 1. The molecule has 130 valence electrons. The summed E-state index contributed by atoms with van der Waals surface area (Å²) in [5.74, 6) is -1.75. The maximum atomic E-state index is 12.6. The van der Waals surface area contributed by atoms with Gasteiger partial charge in [-0.05, 0) is 37.0 Å². The van der Waals surface area contributed by atoms with Crippen LogP contribution < -0.4 is 9.72 Å². The van der Waals surface area contributed by atoms with E-state index in [2.05, 4.69) is 0 Å². The number of pyridine rings is 1. The van der Waals surface area contributed by atoms with Gasteiger partial charge in [0.2, 0.25) is 0 Å². The van der Waals surface area contributed by atoms with Crippen LogP contribution in [0.1, 0.15) is 16.9 Å². The number of alkyl halides is 3. The van der Waals surface area contributed by atoms with Crippen molar-refractivity contribution in [1.82, 2.24) is 0 Å². The number of nitrogens with one attached hydrogen (secondary N) is 1. The number of aromatic nitrogens is 1. The Morgan fingerprint density at radius 3 is 2.48 bits per heavy atom. The van der Waals surface area contributed by atoms with Crippen molar-refractivity contribution in [2.45, 2.75) is 25.4 Å². The SMILES string of the molecule is O=C(Nc1c(CCCc2ccccc2)sc2cccc[n+]12)C(F)(F)F. The second-order valence-electron chi connectivity index (χ2n) is 5.57. The second-order valence-corrected chi connectivity index (χ2v) is 6.69. The van der Waals surface area contributed by atoms with E-state index in [1.807, 2.05) is 47.8 Å². The van der Waals surface area contributed by atoms with E-state index in [0.29, 0.717) is 6.42 Å². The third kappa shape index (κ3) is 4.17. The van der Waals surface area contributed by atoms with Gasteiger partial charge in [0.05, 0.1) is 11.1 Å². The molecule has 2 heterocycles. The highest BCUT2D eigenvalue weighted by Gasteiger charge is 2.44. The minimum Gasteiger partial charge on any atom is -0.236 e. The molecule has 0 aliphatic carbocycles. The first-order chi connectivity index (χ1) is 11.9. The first-order valence-electron chi connectivity index (χ1n) is 7.79. The normalized spacial score (nSPS) is 11.6. The van der Waals surface area contributed by atoms with Crippen molar-refractivity contribution >= 4 is 27.9 Å². The van der Waals surface area contributed by atoms with Gasteiger partial charge in [0.25, 0.3) is 0 Å². The van der Waals surface area contributed by atoms with E-state index in [0.717, 1.165) is 22.5 Å². The number of benzene rings is 1. The topological polar surface area (TPSA) is 33.2 Å². The van der Waals surface area contributed by atoms with E-state index in [9.17, 15) is 18.0 Å². The van der Waals surface area contributed by atoms with Gasteiger partial charge in [0, 0.05) is 0 Å². The first-order valence-corrected chi connectivity index (χ1v) is 8.61. The van der Waals surface area contributed by atoms with Crippen molar-refractivity contribution in [2.24, 2.45) is 0 Å². The lowest BCUT2D eigenvalue weighted by molar-refractivity contribution is -0.491. The molecule has 0 saturated carbocycles. The van der Waals surface area contributed by atoms with Gasteiger partial charge in [-0.1, -0.05) is 47.7 Å². The third-order valence-electron chi connectivity index (χ3n) is 3.76. The molecule has 1 amide bonds. The average Bonchev–Trinajstić information content (AvgIpc) is 2.93. The summed E-state index contributed by atoms with van der Waals surface area (Å²) in [4.78, 5) is 12.9. The van der Waals surface area contributed by atoms with Crippen LogP contribution in [0.15, 0.2) is 54.7 Å². The highest BCUT2D eigenvalue weighted by Crippen LogP contribution is 2.26. The number of fused-ring (bicyclic) bond motifs is 1. The van der Waals surface area contributed by atoms with E-state index in [1.54, 1.807) is 16.7 Å². The zero-order valence-corrected chi connectivity index (χ0v) is 14.0. The lowest BCUT2D eigenvalue weighted by Crippen LogP contribution is -2.35. The lowest BCUT2D eigenvalue weighted by atomic mass is 10.1. The number of anilines is 1. The minimum absolute atomic E-state index is 0.205. The molecule has 0 atom stereocenters. The van der Waals surface area contributed by atoms with Crippen LogP contribution in [0.3, 0.4) is 0 Å². The van der Waals surface area contributed by atoms with Crippen molar-refractivity contribution in [1.29, 1.82) is 0 Å². The van der Waals surface area contributed by atoms with Crippen LogP contribution in [0.5, 0.6) is 0 Å². The summed E-state index contributed by atoms with van der Waals surface area (Å²) in [6, 6.07) is 15.2. The summed E-state index contributed by atoms with van der Waals surface area (Å²) < 4.78 is 39.5. The van der Waals surface area contributed by atoms with E-state index >= 15 is 0 Å². The zero-order chi connectivity index (χ0) is 17.9. The fourth-order valence-corrected chi connectivity index (χ4v) is 3.72. The molecule has 0 aliphatic heterocycles. The van der Waals surface area contributed by atoms with Gasteiger partial charge in [0.15, 0.2) is 4.83 Å². The van der Waals surface area contributed by atoms with Crippen molar-refractivity contribution in [3.05, 3.63) is 65.2 Å². The maximum Gasteiger partial charge on any atom is 0.495 e. The molecule has 0 radical (unpaired) electrons. The highest BCUT2D eigenvalue weighted by molar-refractivity contribution is 7.17. The van der Waals surface area contributed by atoms with E-state index in [1.165, 1.54) is 16.9 Å². The molecule has 0 fully saturated rings. The fourth-order valence-electron chi connectivity index (χ4n) is 2.58. The van der Waals surface area contributed by atoms with Crippen molar-refractivity contribution < 1.29 is 22.4 Å². The smallest absolute Gasteiger partial charge is 0.236 e. The standard InChI is InChI=1S/C18H15F3N2OS/c19-18(20,21)17(24)22-16-14(25-15-11-4-5-12-23(15)16)10-6-9-13-7-2-1-3-8-13/h1-5,7-8,11-12H,6,9-10H2/p+1. The third-order valence-corrected chi connectivity index (χ3v) is 4.94. The monoisotopic (exact) mass is 365 g/mol. The summed E-state index contributed by atoms with van der Waals surface area (Å²) in [6.07, 6.45) is -1.06. The summed E-state index contributed by atoms with van der Waals surface area (Å²) >= 11 is 1.39. The van der Waals surface area contributed by atoms with Crippen LogP contribution in [0, 0.1) is 0 Å². The first kappa shape index (κ1) is 17.4. The van der Waals surface area contributed by atoms with Crippen LogP contribution in [0.25, 0.3) is 4.83 Å². The number of hydrogen-bond acceptors (Lipinski definition) is 2. The molecule has 7 heteroatoms. The van der Waals surface area contributed by atoms with Crippen molar-refractivity contribution in [3.8, 4) is 0 Å². The number of halogens is 3. The summed E-state index contributed by atoms with van der Waals surface area (Å²) in [7, 11) is 0. The summed E-state index contributed by atoms with van der Waals surface area (Å²) in [5.41, 5.74) is 1.18. The second kappa shape index (κ2) is 7.23. The molecular formula is C18H16F3N2OS+. The van der Waals surface area contributed by atoms with Gasteiger partial charge in [0.1, 0.15) is 0 Å². The molecule has 0 unspecified atom stereocenters.